The summed E-state index contributed by atoms with van der Waals surface area (Å²) in [5, 5.41) is 0. The molecule has 0 rings (SSSR count). The molecule has 0 radical (unpaired) electrons. The molecule has 13 heavy (non-hydrogen) atoms. The Bertz CT molecular complexity index is 214. The number of carbonyl (C=O) groups is 1. The molecule has 0 atom stereocenters. The summed E-state index contributed by atoms with van der Waals surface area (Å²) in [5.41, 5.74) is 1.00. The van der Waals surface area contributed by atoms with E-state index < -0.39 is 0 Å². The van der Waals surface area contributed by atoms with Crippen molar-refractivity contribution in [1.29, 1.82) is 0 Å². The molecule has 72 valence electrons. The van der Waals surface area contributed by atoms with E-state index in [0.717, 1.165) is 5.57 Å². The number of esters is 1. The van der Waals surface area contributed by atoms with Gasteiger partial charge in [0, 0.05) is 6.42 Å². The van der Waals surface area contributed by atoms with Crippen LogP contribution in [0.2, 0.25) is 0 Å². The minimum Gasteiger partial charge on any atom is -0.466 e. The normalized spacial score (nSPS) is 10.7. The third-order valence-electron chi connectivity index (χ3n) is 1.52. The lowest BCUT2D eigenvalue weighted by atomic mass is 10.1. The molecule has 2 nitrogen and oxygen atoms in total. The van der Waals surface area contributed by atoms with Gasteiger partial charge in [0.05, 0.1) is 6.61 Å². The highest BCUT2D eigenvalue weighted by Gasteiger charge is 2.01. The van der Waals surface area contributed by atoms with Gasteiger partial charge >= 0.3 is 5.97 Å². The Morgan fingerprint density at radius 1 is 1.38 bits per heavy atom. The Morgan fingerprint density at radius 2 is 2.08 bits per heavy atom. The summed E-state index contributed by atoms with van der Waals surface area (Å²) in [7, 11) is 0. The summed E-state index contributed by atoms with van der Waals surface area (Å²) in [6.07, 6.45) is 6.31. The van der Waals surface area contributed by atoms with Crippen LogP contribution in [0.15, 0.2) is 37.0 Å². The monoisotopic (exact) mass is 180 g/mol. The fourth-order valence-corrected chi connectivity index (χ4v) is 0.884. The van der Waals surface area contributed by atoms with Gasteiger partial charge in [0.25, 0.3) is 0 Å². The minimum atomic E-state index is -0.167. The van der Waals surface area contributed by atoms with Crippen molar-refractivity contribution in [3.8, 4) is 0 Å². The van der Waals surface area contributed by atoms with Gasteiger partial charge in [0.2, 0.25) is 0 Å². The Labute approximate surface area is 79.6 Å². The SMILES string of the molecule is C=C/C=C(\C=C)CCC(=O)OCC. The van der Waals surface area contributed by atoms with E-state index in [2.05, 4.69) is 13.2 Å². The first-order chi connectivity index (χ1) is 6.24. The number of hydrogen-bond donors (Lipinski definition) is 0. The zero-order valence-electron chi connectivity index (χ0n) is 8.08. The summed E-state index contributed by atoms with van der Waals surface area (Å²) < 4.78 is 4.79. The van der Waals surface area contributed by atoms with Gasteiger partial charge in [-0.15, -0.1) is 0 Å². The molecule has 0 N–H and O–H groups in total. The number of ether oxygens (including phenoxy) is 1. The molecule has 0 aromatic heterocycles. The number of hydrogen-bond acceptors (Lipinski definition) is 2. The molecule has 0 amide bonds. The van der Waals surface area contributed by atoms with E-state index in [4.69, 9.17) is 4.74 Å². The van der Waals surface area contributed by atoms with E-state index in [-0.39, 0.29) is 5.97 Å². The van der Waals surface area contributed by atoms with Crippen molar-refractivity contribution in [3.05, 3.63) is 37.0 Å². The van der Waals surface area contributed by atoms with Crippen molar-refractivity contribution in [3.63, 3.8) is 0 Å². The molecule has 0 saturated heterocycles. The molecule has 0 aliphatic rings. The fraction of sp³-hybridized carbons (Fsp3) is 0.364. The zero-order valence-corrected chi connectivity index (χ0v) is 8.08. The van der Waals surface area contributed by atoms with Gasteiger partial charge in [-0.3, -0.25) is 4.79 Å². The van der Waals surface area contributed by atoms with Crippen molar-refractivity contribution in [2.24, 2.45) is 0 Å². The molecule has 0 unspecified atom stereocenters. The molecule has 0 heterocycles. The molecule has 0 bridgehead atoms. The second kappa shape index (κ2) is 7.35. The topological polar surface area (TPSA) is 26.3 Å². The van der Waals surface area contributed by atoms with Crippen molar-refractivity contribution in [2.45, 2.75) is 19.8 Å². The van der Waals surface area contributed by atoms with E-state index in [1.807, 2.05) is 6.08 Å². The maximum Gasteiger partial charge on any atom is 0.306 e. The van der Waals surface area contributed by atoms with Crippen LogP contribution in [0, 0.1) is 0 Å². The Balaban J connectivity index is 3.85. The van der Waals surface area contributed by atoms with Crippen LogP contribution in [0.5, 0.6) is 0 Å². The van der Waals surface area contributed by atoms with Gasteiger partial charge in [-0.05, 0) is 18.9 Å². The molecular formula is C11H16O2. The van der Waals surface area contributed by atoms with Crippen LogP contribution in [0.3, 0.4) is 0 Å². The van der Waals surface area contributed by atoms with Gasteiger partial charge in [-0.1, -0.05) is 31.4 Å². The Kier molecular flexibility index (Phi) is 6.60. The summed E-state index contributed by atoms with van der Waals surface area (Å²) in [4.78, 5) is 11.0. The highest BCUT2D eigenvalue weighted by molar-refractivity contribution is 5.69. The van der Waals surface area contributed by atoms with Gasteiger partial charge in [-0.2, -0.15) is 0 Å². The summed E-state index contributed by atoms with van der Waals surface area (Å²) in [6.45, 7) is 9.44. The van der Waals surface area contributed by atoms with Crippen LogP contribution in [0.25, 0.3) is 0 Å². The summed E-state index contributed by atoms with van der Waals surface area (Å²) >= 11 is 0. The quantitative estimate of drug-likeness (QED) is 0.464. The third kappa shape index (κ3) is 5.91. The molecule has 0 aromatic rings. The lowest BCUT2D eigenvalue weighted by Gasteiger charge is -2.01. The molecule has 0 aromatic carbocycles. The van der Waals surface area contributed by atoms with Gasteiger partial charge in [0.1, 0.15) is 0 Å². The lowest BCUT2D eigenvalue weighted by molar-refractivity contribution is -0.143. The first-order valence-corrected chi connectivity index (χ1v) is 4.34. The molecule has 0 spiro atoms. The van der Waals surface area contributed by atoms with Crippen LogP contribution in [-0.4, -0.2) is 12.6 Å². The second-order valence-corrected chi connectivity index (χ2v) is 2.49. The highest BCUT2D eigenvalue weighted by atomic mass is 16.5. The van der Waals surface area contributed by atoms with Crippen LogP contribution in [0.4, 0.5) is 0 Å². The van der Waals surface area contributed by atoms with Crippen LogP contribution >= 0.6 is 0 Å². The van der Waals surface area contributed by atoms with Gasteiger partial charge < -0.3 is 4.74 Å². The standard InChI is InChI=1S/C11H16O2/c1-4-7-10(5-2)8-9-11(12)13-6-3/h4-5,7H,1-2,6,8-9H2,3H3/b10-7+. The maximum absolute atomic E-state index is 11.0. The van der Waals surface area contributed by atoms with E-state index >= 15 is 0 Å². The molecule has 0 fully saturated rings. The zero-order chi connectivity index (χ0) is 10.1. The van der Waals surface area contributed by atoms with Crippen LogP contribution in [0.1, 0.15) is 19.8 Å². The first kappa shape index (κ1) is 11.7. The first-order valence-electron chi connectivity index (χ1n) is 4.34. The third-order valence-corrected chi connectivity index (χ3v) is 1.52. The van der Waals surface area contributed by atoms with E-state index in [1.54, 1.807) is 19.1 Å². The largest absolute Gasteiger partial charge is 0.466 e. The Hall–Kier alpha value is -1.31. The number of rotatable bonds is 6. The maximum atomic E-state index is 11.0. The van der Waals surface area contributed by atoms with E-state index in [9.17, 15) is 4.79 Å². The van der Waals surface area contributed by atoms with E-state index in [1.165, 1.54) is 0 Å². The summed E-state index contributed by atoms with van der Waals surface area (Å²) in [6, 6.07) is 0. The highest BCUT2D eigenvalue weighted by Crippen LogP contribution is 2.06. The minimum absolute atomic E-state index is 0.167. The number of carbonyl (C=O) groups excluding carboxylic acids is 1. The van der Waals surface area contributed by atoms with Crippen molar-refractivity contribution >= 4 is 5.97 Å². The van der Waals surface area contributed by atoms with Gasteiger partial charge in [-0.25, -0.2) is 0 Å². The predicted molar refractivity (Wildman–Crippen MR) is 54.3 cm³/mol. The molecular weight excluding hydrogens is 164 g/mol. The molecule has 0 aliphatic carbocycles. The van der Waals surface area contributed by atoms with Crippen LogP contribution < -0.4 is 0 Å². The van der Waals surface area contributed by atoms with Crippen molar-refractivity contribution in [1.82, 2.24) is 0 Å². The molecule has 2 heteroatoms. The second-order valence-electron chi connectivity index (χ2n) is 2.49. The predicted octanol–water partition coefficient (Wildman–Crippen LogP) is 2.63. The molecule has 0 aliphatic heterocycles. The van der Waals surface area contributed by atoms with Crippen molar-refractivity contribution in [2.75, 3.05) is 6.61 Å². The van der Waals surface area contributed by atoms with E-state index in [0.29, 0.717) is 19.4 Å². The van der Waals surface area contributed by atoms with Crippen LogP contribution in [-0.2, 0) is 9.53 Å². The summed E-state index contributed by atoms with van der Waals surface area (Å²) in [5.74, 6) is -0.167. The Morgan fingerprint density at radius 3 is 2.54 bits per heavy atom. The smallest absolute Gasteiger partial charge is 0.306 e. The number of allylic oxidation sites excluding steroid dienone is 4. The average Bonchev–Trinajstić information content (AvgIpc) is 2.12. The fourth-order valence-electron chi connectivity index (χ4n) is 0.884. The van der Waals surface area contributed by atoms with Crippen molar-refractivity contribution < 1.29 is 9.53 Å². The lowest BCUT2D eigenvalue weighted by Crippen LogP contribution is -2.03. The molecule has 0 saturated carbocycles. The average molecular weight is 180 g/mol. The van der Waals surface area contributed by atoms with Gasteiger partial charge in [0.15, 0.2) is 0 Å².